The normalized spacial score (nSPS) is 13.3. The minimum Gasteiger partial charge on any atom is -0.310 e. The van der Waals surface area contributed by atoms with Crippen molar-refractivity contribution in [3.63, 3.8) is 0 Å². The van der Waals surface area contributed by atoms with Gasteiger partial charge in [-0.1, -0.05) is 152 Å². The van der Waals surface area contributed by atoms with Gasteiger partial charge in [-0.25, -0.2) is 0 Å². The molecule has 1 nitrogen and oxygen atoms in total. The molecule has 0 amide bonds. The summed E-state index contributed by atoms with van der Waals surface area (Å²) < 4.78 is 0. The summed E-state index contributed by atoms with van der Waals surface area (Å²) in [6, 6.07) is 68.9. The lowest BCUT2D eigenvalue weighted by Crippen LogP contribution is -2.37. The lowest BCUT2D eigenvalue weighted by atomic mass is 9.62. The molecule has 0 atom stereocenters. The molecule has 216 valence electrons. The van der Waals surface area contributed by atoms with E-state index in [1.54, 1.807) is 0 Å². The van der Waals surface area contributed by atoms with Crippen molar-refractivity contribution in [2.24, 2.45) is 0 Å². The number of rotatable bonds is 4. The van der Waals surface area contributed by atoms with Gasteiger partial charge >= 0.3 is 0 Å². The molecule has 0 radical (unpaired) electrons. The average Bonchev–Trinajstić information content (AvgIpc) is 3.14. The maximum Gasteiger partial charge on any atom is 0.0742 e. The second kappa shape index (κ2) is 10.6. The third-order valence-electron chi connectivity index (χ3n) is 9.70. The van der Waals surface area contributed by atoms with Crippen LogP contribution in [0.5, 0.6) is 0 Å². The number of fused-ring (bicyclic) bond motifs is 5. The topological polar surface area (TPSA) is 3.24 Å². The predicted octanol–water partition coefficient (Wildman–Crippen LogP) is 11.8. The highest BCUT2D eigenvalue weighted by atomic mass is 15.2. The molecule has 46 heavy (non-hydrogen) atoms. The maximum atomic E-state index is 2.47. The van der Waals surface area contributed by atoms with Gasteiger partial charge in [0.1, 0.15) is 0 Å². The molecule has 0 N–H and O–H groups in total. The van der Waals surface area contributed by atoms with E-state index >= 15 is 0 Å². The minimum absolute atomic E-state index is 0.539. The molecule has 0 saturated carbocycles. The van der Waals surface area contributed by atoms with Gasteiger partial charge < -0.3 is 4.90 Å². The van der Waals surface area contributed by atoms with Crippen molar-refractivity contribution < 1.29 is 0 Å². The molecule has 1 heteroatoms. The van der Waals surface area contributed by atoms with E-state index < -0.39 is 5.41 Å². The smallest absolute Gasteiger partial charge is 0.0742 e. The molecule has 0 unspecified atom stereocenters. The van der Waals surface area contributed by atoms with E-state index in [-0.39, 0.29) is 0 Å². The van der Waals surface area contributed by atoms with Crippen LogP contribution < -0.4 is 4.90 Å². The van der Waals surface area contributed by atoms with Crippen LogP contribution in [-0.2, 0) is 5.41 Å². The van der Waals surface area contributed by atoms with Crippen molar-refractivity contribution in [3.05, 3.63) is 210 Å². The highest BCUT2D eigenvalue weighted by Crippen LogP contribution is 2.58. The van der Waals surface area contributed by atoms with Crippen molar-refractivity contribution in [2.75, 3.05) is 4.90 Å². The molecule has 0 saturated heterocycles. The Hall–Kier alpha value is -5.92. The molecule has 0 aliphatic carbocycles. The third kappa shape index (κ3) is 3.89. The molecule has 8 aromatic rings. The summed E-state index contributed by atoms with van der Waals surface area (Å²) in [5.74, 6) is 0. The highest BCUT2D eigenvalue weighted by molar-refractivity contribution is 6.14. The number of hydrogen-bond acceptors (Lipinski definition) is 1. The van der Waals surface area contributed by atoms with Crippen LogP contribution in [0.1, 0.15) is 22.3 Å². The monoisotopic (exact) mass is 585 g/mol. The first-order valence-corrected chi connectivity index (χ1v) is 16.0. The van der Waals surface area contributed by atoms with E-state index in [4.69, 9.17) is 0 Å². The van der Waals surface area contributed by atoms with Crippen LogP contribution in [0, 0.1) is 0 Å². The van der Waals surface area contributed by atoms with E-state index in [1.165, 1.54) is 66.3 Å². The van der Waals surface area contributed by atoms with Gasteiger partial charge in [-0.15, -0.1) is 0 Å². The Morgan fingerprint density at radius 2 is 0.913 bits per heavy atom. The summed E-state index contributed by atoms with van der Waals surface area (Å²) in [6.07, 6.45) is 0. The predicted molar refractivity (Wildman–Crippen MR) is 193 cm³/mol. The molecular formula is C45H31N. The molecule has 1 aliphatic heterocycles. The van der Waals surface area contributed by atoms with Gasteiger partial charge in [-0.05, 0) is 91.3 Å². The first-order valence-electron chi connectivity index (χ1n) is 16.0. The lowest BCUT2D eigenvalue weighted by molar-refractivity contribution is 0.731. The maximum absolute atomic E-state index is 2.47. The zero-order valence-electron chi connectivity index (χ0n) is 25.3. The van der Waals surface area contributed by atoms with E-state index in [0.29, 0.717) is 0 Å². The summed E-state index contributed by atoms with van der Waals surface area (Å²) in [7, 11) is 0. The summed E-state index contributed by atoms with van der Waals surface area (Å²) in [6.45, 7) is 0. The minimum atomic E-state index is -0.539. The van der Waals surface area contributed by atoms with Crippen LogP contribution in [0.2, 0.25) is 0 Å². The fourth-order valence-corrected chi connectivity index (χ4v) is 7.77. The standard InChI is InChI=1S/C45H31N/c1-4-17-34(18-5-1)45(35-19-6-2-7-20-35)41-26-14-15-27-43(41)46(36-21-8-3-9-22-36)44-29-28-33(31-42(44)45)40-30-32-16-10-11-23-37(32)38-24-12-13-25-39(38)40/h1-31H. The van der Waals surface area contributed by atoms with Crippen LogP contribution in [0.3, 0.4) is 0 Å². The van der Waals surface area contributed by atoms with Crippen LogP contribution in [0.15, 0.2) is 188 Å². The number of benzene rings is 8. The Balaban J connectivity index is 1.43. The Morgan fingerprint density at radius 1 is 0.370 bits per heavy atom. The van der Waals surface area contributed by atoms with Crippen molar-refractivity contribution in [2.45, 2.75) is 5.41 Å². The third-order valence-corrected chi connectivity index (χ3v) is 9.70. The second-order valence-corrected chi connectivity index (χ2v) is 12.1. The lowest BCUT2D eigenvalue weighted by Gasteiger charge is -2.46. The Labute approximate surface area is 269 Å². The van der Waals surface area contributed by atoms with Crippen LogP contribution in [-0.4, -0.2) is 0 Å². The van der Waals surface area contributed by atoms with Crippen LogP contribution >= 0.6 is 0 Å². The Bertz CT molecular complexity index is 2320. The van der Waals surface area contributed by atoms with Crippen molar-refractivity contribution >= 4 is 38.6 Å². The summed E-state index contributed by atoms with van der Waals surface area (Å²) in [4.78, 5) is 2.44. The summed E-state index contributed by atoms with van der Waals surface area (Å²) >= 11 is 0. The van der Waals surface area contributed by atoms with Gasteiger partial charge in [0.2, 0.25) is 0 Å². The Morgan fingerprint density at radius 3 is 1.63 bits per heavy atom. The fourth-order valence-electron chi connectivity index (χ4n) is 7.77. The van der Waals surface area contributed by atoms with E-state index in [2.05, 4.69) is 193 Å². The zero-order valence-corrected chi connectivity index (χ0v) is 25.3. The first-order chi connectivity index (χ1) is 22.8. The largest absolute Gasteiger partial charge is 0.310 e. The van der Waals surface area contributed by atoms with E-state index in [1.807, 2.05) is 0 Å². The molecule has 0 bridgehead atoms. The van der Waals surface area contributed by atoms with Gasteiger partial charge in [-0.2, -0.15) is 0 Å². The molecule has 1 aliphatic rings. The molecule has 0 spiro atoms. The van der Waals surface area contributed by atoms with Gasteiger partial charge in [0.25, 0.3) is 0 Å². The van der Waals surface area contributed by atoms with Crippen LogP contribution in [0.4, 0.5) is 17.1 Å². The second-order valence-electron chi connectivity index (χ2n) is 12.1. The Kier molecular flexibility index (Phi) is 6.11. The quantitative estimate of drug-likeness (QED) is 0.186. The van der Waals surface area contributed by atoms with Crippen LogP contribution in [0.25, 0.3) is 32.7 Å². The zero-order chi connectivity index (χ0) is 30.5. The van der Waals surface area contributed by atoms with Crippen molar-refractivity contribution in [1.82, 2.24) is 0 Å². The molecule has 1 heterocycles. The number of anilines is 3. The fraction of sp³-hybridized carbons (Fsp3) is 0.0222. The van der Waals surface area contributed by atoms with Gasteiger partial charge in [-0.3, -0.25) is 0 Å². The molecule has 9 rings (SSSR count). The summed E-state index contributed by atoms with van der Waals surface area (Å²) in [5.41, 5.74) is 10.5. The van der Waals surface area contributed by atoms with Gasteiger partial charge in [0.05, 0.1) is 16.8 Å². The van der Waals surface area contributed by atoms with E-state index in [9.17, 15) is 0 Å². The molecule has 0 fully saturated rings. The molecular weight excluding hydrogens is 555 g/mol. The first kappa shape index (κ1) is 26.5. The number of para-hydroxylation sites is 2. The molecule has 8 aromatic carbocycles. The number of nitrogens with zero attached hydrogens (tertiary/aromatic N) is 1. The summed E-state index contributed by atoms with van der Waals surface area (Å²) in [5, 5.41) is 5.08. The van der Waals surface area contributed by atoms with Crippen molar-refractivity contribution in [3.8, 4) is 11.1 Å². The average molecular weight is 586 g/mol. The highest BCUT2D eigenvalue weighted by Gasteiger charge is 2.46. The van der Waals surface area contributed by atoms with Gasteiger partial charge in [0.15, 0.2) is 0 Å². The molecule has 0 aromatic heterocycles. The van der Waals surface area contributed by atoms with Gasteiger partial charge in [0, 0.05) is 5.69 Å². The van der Waals surface area contributed by atoms with E-state index in [0.717, 1.165) is 5.69 Å². The van der Waals surface area contributed by atoms with Crippen molar-refractivity contribution in [1.29, 1.82) is 0 Å². The SMILES string of the molecule is c1ccc(N2c3ccccc3C(c3ccccc3)(c3ccccc3)c3cc(-c4cc5ccccc5c5ccccc45)ccc32)cc1. The number of hydrogen-bond donors (Lipinski definition) is 0.